The van der Waals surface area contributed by atoms with E-state index >= 15 is 0 Å². The molecule has 154 valence electrons. The van der Waals surface area contributed by atoms with Gasteiger partial charge in [-0.25, -0.2) is 4.90 Å². The number of nitrogens with zero attached hydrogens (tertiary/aromatic N) is 2. The van der Waals surface area contributed by atoms with Crippen molar-refractivity contribution in [3.05, 3.63) is 42.0 Å². The number of methoxy groups -OCH3 is 2. The quantitative estimate of drug-likeness (QED) is 0.709. The molecule has 0 spiro atoms. The summed E-state index contributed by atoms with van der Waals surface area (Å²) in [5.74, 6) is 0.170. The van der Waals surface area contributed by atoms with Crippen LogP contribution >= 0.6 is 0 Å². The van der Waals surface area contributed by atoms with E-state index in [1.807, 2.05) is 0 Å². The molecule has 2 atom stereocenters. The summed E-state index contributed by atoms with van der Waals surface area (Å²) < 4.78 is 21.9. The third-order valence-corrected chi connectivity index (χ3v) is 5.28. The highest BCUT2D eigenvalue weighted by Crippen LogP contribution is 2.41. The highest BCUT2D eigenvalue weighted by Gasteiger charge is 2.56. The Labute approximate surface area is 171 Å². The number of hydrogen-bond donors (Lipinski definition) is 0. The molecule has 2 amide bonds. The molecule has 1 saturated heterocycles. The Balaban J connectivity index is 1.51. The first-order chi connectivity index (χ1) is 14.6. The number of anilines is 1. The second kappa shape index (κ2) is 6.94. The number of oxime groups is 1. The predicted molar refractivity (Wildman–Crippen MR) is 104 cm³/mol. The van der Waals surface area contributed by atoms with Crippen LogP contribution in [-0.4, -0.2) is 51.1 Å². The predicted octanol–water partition coefficient (Wildman–Crippen LogP) is 1.77. The molecule has 0 aliphatic carbocycles. The summed E-state index contributed by atoms with van der Waals surface area (Å²) in [4.78, 5) is 32.8. The molecule has 0 N–H and O–H groups in total. The van der Waals surface area contributed by atoms with Gasteiger partial charge in [0.1, 0.15) is 24.8 Å². The Morgan fingerprint density at radius 3 is 2.57 bits per heavy atom. The van der Waals surface area contributed by atoms with E-state index in [1.165, 1.54) is 14.2 Å². The monoisotopic (exact) mass is 410 g/mol. The van der Waals surface area contributed by atoms with Crippen molar-refractivity contribution in [3.63, 3.8) is 0 Å². The summed E-state index contributed by atoms with van der Waals surface area (Å²) in [7, 11) is 3.02. The summed E-state index contributed by atoms with van der Waals surface area (Å²) >= 11 is 0. The van der Waals surface area contributed by atoms with E-state index in [0.29, 0.717) is 53.2 Å². The smallest absolute Gasteiger partial charge is 0.278 e. The van der Waals surface area contributed by atoms with Gasteiger partial charge in [0, 0.05) is 11.6 Å². The van der Waals surface area contributed by atoms with E-state index in [2.05, 4.69) is 5.16 Å². The fourth-order valence-electron chi connectivity index (χ4n) is 3.91. The lowest BCUT2D eigenvalue weighted by atomic mass is 9.93. The van der Waals surface area contributed by atoms with Crippen molar-refractivity contribution in [1.29, 1.82) is 0 Å². The molecule has 2 aromatic rings. The third-order valence-electron chi connectivity index (χ3n) is 5.28. The standard InChI is InChI=1S/C21H18N2O7/c1-26-14-5-3-4-12(18(14)27-2)17-16-19(30-22-17)21(25)23(20(16)24)11-6-7-13-15(10-11)29-9-8-28-13/h3-7,10,16,19H,8-9H2,1-2H3/t16-,19+/m0/s1. The zero-order valence-electron chi connectivity index (χ0n) is 16.3. The summed E-state index contributed by atoms with van der Waals surface area (Å²) in [6.45, 7) is 0.854. The number of benzene rings is 2. The molecular weight excluding hydrogens is 392 g/mol. The molecule has 0 unspecified atom stereocenters. The minimum atomic E-state index is -1.03. The average Bonchev–Trinajstić information content (AvgIpc) is 3.32. The molecule has 0 radical (unpaired) electrons. The number of hydrogen-bond acceptors (Lipinski definition) is 8. The first kappa shape index (κ1) is 18.3. The Kier molecular flexibility index (Phi) is 4.23. The van der Waals surface area contributed by atoms with Crippen LogP contribution in [0.2, 0.25) is 0 Å². The van der Waals surface area contributed by atoms with Crippen LogP contribution in [0.4, 0.5) is 5.69 Å². The van der Waals surface area contributed by atoms with Gasteiger partial charge in [-0.3, -0.25) is 9.59 Å². The fourth-order valence-corrected chi connectivity index (χ4v) is 3.91. The molecule has 0 bridgehead atoms. The topological polar surface area (TPSA) is 95.9 Å². The minimum Gasteiger partial charge on any atom is -0.493 e. The lowest BCUT2D eigenvalue weighted by Gasteiger charge is -2.21. The Morgan fingerprint density at radius 2 is 1.80 bits per heavy atom. The lowest BCUT2D eigenvalue weighted by molar-refractivity contribution is -0.126. The number of carbonyl (C=O) groups is 2. The van der Waals surface area contributed by atoms with E-state index in [4.69, 9.17) is 23.8 Å². The van der Waals surface area contributed by atoms with E-state index in [-0.39, 0.29) is 0 Å². The zero-order valence-corrected chi connectivity index (χ0v) is 16.3. The van der Waals surface area contributed by atoms with Crippen LogP contribution in [0.3, 0.4) is 0 Å². The molecule has 1 fully saturated rings. The first-order valence-corrected chi connectivity index (χ1v) is 9.36. The summed E-state index contributed by atoms with van der Waals surface area (Å²) in [5, 5.41) is 4.04. The second-order valence-electron chi connectivity index (χ2n) is 6.86. The Hall–Kier alpha value is -3.75. The van der Waals surface area contributed by atoms with Crippen molar-refractivity contribution in [2.24, 2.45) is 11.1 Å². The second-order valence-corrected chi connectivity index (χ2v) is 6.86. The molecule has 3 aliphatic rings. The first-order valence-electron chi connectivity index (χ1n) is 9.36. The number of fused-ring (bicyclic) bond motifs is 2. The SMILES string of the molecule is COc1cccc(C2=NO[C@H]3C(=O)N(c4ccc5c(c4)OCCO5)C(=O)[C@@H]23)c1OC. The maximum absolute atomic E-state index is 13.3. The normalized spacial score (nSPS) is 21.8. The van der Waals surface area contributed by atoms with Gasteiger partial charge in [0.2, 0.25) is 12.0 Å². The highest BCUT2D eigenvalue weighted by atomic mass is 16.7. The third kappa shape index (κ3) is 2.58. The van der Waals surface area contributed by atoms with Gasteiger partial charge in [-0.1, -0.05) is 11.2 Å². The number of carbonyl (C=O) groups excluding carboxylic acids is 2. The molecule has 5 rings (SSSR count). The molecule has 9 heteroatoms. The van der Waals surface area contributed by atoms with E-state index < -0.39 is 23.8 Å². The number of ether oxygens (including phenoxy) is 4. The minimum absolute atomic E-state index is 0.328. The van der Waals surface area contributed by atoms with Crippen molar-refractivity contribution in [3.8, 4) is 23.0 Å². The number of amides is 2. The molecule has 2 aromatic carbocycles. The molecule has 0 aromatic heterocycles. The van der Waals surface area contributed by atoms with Gasteiger partial charge in [-0.05, 0) is 24.3 Å². The van der Waals surface area contributed by atoms with Gasteiger partial charge in [0.15, 0.2) is 23.0 Å². The zero-order chi connectivity index (χ0) is 20.8. The van der Waals surface area contributed by atoms with Crippen LogP contribution in [0.5, 0.6) is 23.0 Å². The number of imide groups is 1. The maximum Gasteiger partial charge on any atom is 0.278 e. The number of para-hydroxylation sites is 1. The average molecular weight is 410 g/mol. The van der Waals surface area contributed by atoms with Crippen LogP contribution in [0, 0.1) is 5.92 Å². The van der Waals surface area contributed by atoms with Gasteiger partial charge in [-0.15, -0.1) is 0 Å². The summed E-state index contributed by atoms with van der Waals surface area (Å²) in [5.41, 5.74) is 1.26. The molecule has 30 heavy (non-hydrogen) atoms. The van der Waals surface area contributed by atoms with Gasteiger partial charge in [0.25, 0.3) is 5.91 Å². The van der Waals surface area contributed by atoms with Gasteiger partial charge in [-0.2, -0.15) is 0 Å². The van der Waals surface area contributed by atoms with Gasteiger partial charge < -0.3 is 23.8 Å². The van der Waals surface area contributed by atoms with Crippen LogP contribution < -0.4 is 23.8 Å². The van der Waals surface area contributed by atoms with E-state index in [9.17, 15) is 9.59 Å². The number of rotatable bonds is 4. The Morgan fingerprint density at radius 1 is 1.00 bits per heavy atom. The van der Waals surface area contributed by atoms with Gasteiger partial charge in [0.05, 0.1) is 19.9 Å². The van der Waals surface area contributed by atoms with Crippen LogP contribution in [0.15, 0.2) is 41.6 Å². The van der Waals surface area contributed by atoms with E-state index in [0.717, 1.165) is 4.90 Å². The van der Waals surface area contributed by atoms with Crippen LogP contribution in [-0.2, 0) is 14.4 Å². The fraction of sp³-hybridized carbons (Fsp3) is 0.286. The van der Waals surface area contributed by atoms with Gasteiger partial charge >= 0.3 is 0 Å². The van der Waals surface area contributed by atoms with Crippen LogP contribution in [0.1, 0.15) is 5.56 Å². The van der Waals surface area contributed by atoms with Crippen molar-refractivity contribution < 1.29 is 33.4 Å². The lowest BCUT2D eigenvalue weighted by Crippen LogP contribution is -2.33. The van der Waals surface area contributed by atoms with Crippen molar-refractivity contribution in [1.82, 2.24) is 0 Å². The molecule has 3 aliphatic heterocycles. The van der Waals surface area contributed by atoms with Crippen molar-refractivity contribution >= 4 is 23.2 Å². The van der Waals surface area contributed by atoms with Crippen LogP contribution in [0.25, 0.3) is 0 Å². The molecule has 9 nitrogen and oxygen atoms in total. The van der Waals surface area contributed by atoms with E-state index in [1.54, 1.807) is 36.4 Å². The molecule has 0 saturated carbocycles. The summed E-state index contributed by atoms with van der Waals surface area (Å²) in [6.07, 6.45) is -1.03. The molecule has 3 heterocycles. The molecular formula is C21H18N2O7. The van der Waals surface area contributed by atoms with Crippen molar-refractivity contribution in [2.75, 3.05) is 32.3 Å². The highest BCUT2D eigenvalue weighted by molar-refractivity contribution is 6.32. The largest absolute Gasteiger partial charge is 0.493 e. The summed E-state index contributed by atoms with van der Waals surface area (Å²) in [6, 6.07) is 10.2. The maximum atomic E-state index is 13.3. The Bertz CT molecular complexity index is 1080. The van der Waals surface area contributed by atoms with Crippen molar-refractivity contribution in [2.45, 2.75) is 6.10 Å².